The van der Waals surface area contributed by atoms with Gasteiger partial charge < -0.3 is 10.1 Å². The topological polar surface area (TPSA) is 25.8 Å². The molecule has 0 heterocycles. The van der Waals surface area contributed by atoms with Crippen molar-refractivity contribution in [2.45, 2.75) is 58.9 Å². The second-order valence-corrected chi connectivity index (χ2v) is 6.41. The monoisotopic (exact) mass is 264 g/mol. The maximum absolute atomic E-state index is 5.95. The van der Waals surface area contributed by atoms with Crippen molar-refractivity contribution in [2.24, 2.45) is 0 Å². The average Bonchev–Trinajstić information content (AvgIpc) is 2.36. The number of hydrogen-bond acceptors (Lipinski definition) is 1. The Labute approximate surface area is 118 Å². The molecule has 108 valence electrons. The van der Waals surface area contributed by atoms with Crippen molar-refractivity contribution < 1.29 is 10.1 Å². The Morgan fingerprint density at radius 2 is 1.89 bits per heavy atom. The summed E-state index contributed by atoms with van der Waals surface area (Å²) in [6.07, 6.45) is 2.24. The molecule has 0 radical (unpaired) electrons. The highest BCUT2D eigenvalue weighted by Gasteiger charge is 2.12. The number of para-hydroxylation sites is 1. The Morgan fingerprint density at radius 3 is 2.53 bits per heavy atom. The Morgan fingerprint density at radius 1 is 1.21 bits per heavy atom. The van der Waals surface area contributed by atoms with Gasteiger partial charge in [-0.1, -0.05) is 32.0 Å². The molecule has 0 aromatic heterocycles. The summed E-state index contributed by atoms with van der Waals surface area (Å²) in [7, 11) is 0. The Hall–Kier alpha value is -1.02. The third kappa shape index (κ3) is 6.11. The van der Waals surface area contributed by atoms with Gasteiger partial charge in [0.1, 0.15) is 5.75 Å². The lowest BCUT2D eigenvalue weighted by molar-refractivity contribution is -0.717. The van der Waals surface area contributed by atoms with E-state index in [9.17, 15) is 0 Å². The van der Waals surface area contributed by atoms with E-state index in [0.29, 0.717) is 11.5 Å². The van der Waals surface area contributed by atoms with Gasteiger partial charge in [-0.2, -0.15) is 0 Å². The quantitative estimate of drug-likeness (QED) is 0.751. The van der Waals surface area contributed by atoms with E-state index in [2.05, 4.69) is 64.2 Å². The van der Waals surface area contributed by atoms with Gasteiger partial charge >= 0.3 is 0 Å². The van der Waals surface area contributed by atoms with Gasteiger partial charge in [-0.3, -0.25) is 0 Å². The Bertz CT molecular complexity index is 368. The molecule has 0 aliphatic heterocycles. The molecule has 1 rings (SSSR count). The standard InChI is InChI=1S/C17H29NO/c1-6-14(2)15-10-7-8-11-16(15)19-13-9-12-18-17(3,4)5/h7-8,10-11,14,18H,6,9,12-13H2,1-5H3/p+1/t14-/m1/s1. The summed E-state index contributed by atoms with van der Waals surface area (Å²) in [4.78, 5) is 0. The molecule has 19 heavy (non-hydrogen) atoms. The van der Waals surface area contributed by atoms with E-state index >= 15 is 0 Å². The average molecular weight is 264 g/mol. The number of ether oxygens (including phenoxy) is 1. The van der Waals surface area contributed by atoms with E-state index in [0.717, 1.165) is 31.7 Å². The number of nitrogens with two attached hydrogens (primary N) is 1. The molecule has 0 spiro atoms. The van der Waals surface area contributed by atoms with Crippen LogP contribution in [-0.4, -0.2) is 18.7 Å². The second kappa shape index (κ2) is 7.54. The molecule has 0 fully saturated rings. The molecule has 2 nitrogen and oxygen atoms in total. The first-order valence-corrected chi connectivity index (χ1v) is 7.50. The van der Waals surface area contributed by atoms with E-state index < -0.39 is 0 Å². The fraction of sp³-hybridized carbons (Fsp3) is 0.647. The lowest BCUT2D eigenvalue weighted by Crippen LogP contribution is -2.94. The minimum atomic E-state index is 0.314. The number of hydrogen-bond donors (Lipinski definition) is 1. The lowest BCUT2D eigenvalue weighted by atomic mass is 9.98. The highest BCUT2D eigenvalue weighted by Crippen LogP contribution is 2.28. The Kier molecular flexibility index (Phi) is 6.36. The molecule has 0 saturated heterocycles. The van der Waals surface area contributed by atoms with E-state index in [4.69, 9.17) is 4.74 Å². The van der Waals surface area contributed by atoms with Gasteiger partial charge in [-0.25, -0.2) is 0 Å². The maximum Gasteiger partial charge on any atom is 0.122 e. The van der Waals surface area contributed by atoms with Crippen LogP contribution in [0.25, 0.3) is 0 Å². The highest BCUT2D eigenvalue weighted by molar-refractivity contribution is 5.35. The SMILES string of the molecule is CC[C@@H](C)c1ccccc1OCCC[NH2+]C(C)(C)C. The first kappa shape index (κ1) is 16.0. The summed E-state index contributed by atoms with van der Waals surface area (Å²) in [6, 6.07) is 8.43. The molecule has 0 aliphatic rings. The number of quaternary nitrogens is 1. The molecule has 1 atom stereocenters. The van der Waals surface area contributed by atoms with Crippen molar-refractivity contribution in [1.29, 1.82) is 0 Å². The van der Waals surface area contributed by atoms with Crippen molar-refractivity contribution in [2.75, 3.05) is 13.2 Å². The second-order valence-electron chi connectivity index (χ2n) is 6.41. The summed E-state index contributed by atoms with van der Waals surface area (Å²) in [6.45, 7) is 13.1. The minimum absolute atomic E-state index is 0.314. The third-order valence-corrected chi connectivity index (χ3v) is 3.43. The molecule has 1 aromatic rings. The zero-order valence-electron chi connectivity index (χ0n) is 13.2. The van der Waals surface area contributed by atoms with Crippen LogP contribution in [0.15, 0.2) is 24.3 Å². The first-order chi connectivity index (χ1) is 8.94. The van der Waals surface area contributed by atoms with Gasteiger partial charge in [0.25, 0.3) is 0 Å². The van der Waals surface area contributed by atoms with Crippen LogP contribution in [-0.2, 0) is 0 Å². The predicted octanol–water partition coefficient (Wildman–Crippen LogP) is 3.33. The van der Waals surface area contributed by atoms with Crippen molar-refractivity contribution in [3.05, 3.63) is 29.8 Å². The van der Waals surface area contributed by atoms with E-state index in [1.54, 1.807) is 0 Å². The van der Waals surface area contributed by atoms with Crippen LogP contribution >= 0.6 is 0 Å². The lowest BCUT2D eigenvalue weighted by Gasteiger charge is -2.18. The fourth-order valence-corrected chi connectivity index (χ4v) is 2.04. The largest absolute Gasteiger partial charge is 0.493 e. The van der Waals surface area contributed by atoms with Crippen LogP contribution in [0.2, 0.25) is 0 Å². The summed E-state index contributed by atoms with van der Waals surface area (Å²) in [5.74, 6) is 1.63. The highest BCUT2D eigenvalue weighted by atomic mass is 16.5. The molecule has 1 aromatic carbocycles. The normalized spacial score (nSPS) is 13.3. The van der Waals surface area contributed by atoms with Gasteiger partial charge in [0.15, 0.2) is 0 Å². The van der Waals surface area contributed by atoms with Crippen LogP contribution in [0.1, 0.15) is 58.9 Å². The van der Waals surface area contributed by atoms with Crippen LogP contribution < -0.4 is 10.1 Å². The van der Waals surface area contributed by atoms with Gasteiger partial charge in [0.05, 0.1) is 18.7 Å². The molecule has 2 heteroatoms. The number of rotatable bonds is 7. The minimum Gasteiger partial charge on any atom is -0.493 e. The maximum atomic E-state index is 5.95. The van der Waals surface area contributed by atoms with Crippen molar-refractivity contribution in [3.63, 3.8) is 0 Å². The van der Waals surface area contributed by atoms with E-state index in [1.807, 2.05) is 0 Å². The third-order valence-electron chi connectivity index (χ3n) is 3.43. The molecule has 0 aliphatic carbocycles. The summed E-state index contributed by atoms with van der Waals surface area (Å²) >= 11 is 0. The molecule has 0 saturated carbocycles. The first-order valence-electron chi connectivity index (χ1n) is 7.50. The van der Waals surface area contributed by atoms with Gasteiger partial charge in [-0.15, -0.1) is 0 Å². The van der Waals surface area contributed by atoms with Crippen molar-refractivity contribution in [3.8, 4) is 5.75 Å². The van der Waals surface area contributed by atoms with Crippen LogP contribution in [0.4, 0.5) is 0 Å². The van der Waals surface area contributed by atoms with Gasteiger partial charge in [-0.05, 0) is 44.7 Å². The predicted molar refractivity (Wildman–Crippen MR) is 81.8 cm³/mol. The molecule has 0 unspecified atom stereocenters. The smallest absolute Gasteiger partial charge is 0.122 e. The summed E-state index contributed by atoms with van der Waals surface area (Å²) in [5.41, 5.74) is 1.65. The molecular formula is C17H30NO+. The zero-order valence-corrected chi connectivity index (χ0v) is 13.2. The van der Waals surface area contributed by atoms with Crippen molar-refractivity contribution in [1.82, 2.24) is 0 Å². The van der Waals surface area contributed by atoms with Crippen LogP contribution in [0, 0.1) is 0 Å². The van der Waals surface area contributed by atoms with Crippen LogP contribution in [0.5, 0.6) is 5.75 Å². The van der Waals surface area contributed by atoms with E-state index in [-0.39, 0.29) is 0 Å². The van der Waals surface area contributed by atoms with Gasteiger partial charge in [0.2, 0.25) is 0 Å². The molecule has 0 amide bonds. The molecule has 2 N–H and O–H groups in total. The number of benzene rings is 1. The fourth-order valence-electron chi connectivity index (χ4n) is 2.04. The summed E-state index contributed by atoms with van der Waals surface area (Å²) < 4.78 is 5.95. The molecular weight excluding hydrogens is 234 g/mol. The Balaban J connectivity index is 2.41. The molecule has 0 bridgehead atoms. The van der Waals surface area contributed by atoms with Crippen LogP contribution in [0.3, 0.4) is 0 Å². The van der Waals surface area contributed by atoms with Crippen molar-refractivity contribution >= 4 is 0 Å². The van der Waals surface area contributed by atoms with E-state index in [1.165, 1.54) is 5.56 Å². The van der Waals surface area contributed by atoms with Gasteiger partial charge in [0, 0.05) is 6.42 Å². The summed E-state index contributed by atoms with van der Waals surface area (Å²) in [5, 5.41) is 2.37. The zero-order chi connectivity index (χ0) is 14.3.